The summed E-state index contributed by atoms with van der Waals surface area (Å²) >= 11 is 3.35. The van der Waals surface area contributed by atoms with Crippen LogP contribution in [-0.4, -0.2) is 30.2 Å². The molecule has 2 rings (SSSR count). The Balaban J connectivity index is 2.38. The van der Waals surface area contributed by atoms with Gasteiger partial charge < -0.3 is 10.6 Å². The Bertz CT molecular complexity index is 602. The Morgan fingerprint density at radius 1 is 1.44 bits per heavy atom. The van der Waals surface area contributed by atoms with Gasteiger partial charge in [0.2, 0.25) is 5.91 Å². The molecule has 0 aliphatic carbocycles. The number of halogens is 1. The van der Waals surface area contributed by atoms with Crippen LogP contribution in [0.15, 0.2) is 23.1 Å². The number of hydrogen-bond acceptors (Lipinski definition) is 4. The molecule has 0 spiro atoms. The van der Waals surface area contributed by atoms with Gasteiger partial charge in [0.25, 0.3) is 10.1 Å². The molecule has 1 aliphatic heterocycles. The molecule has 1 aromatic carbocycles. The predicted molar refractivity (Wildman–Crippen MR) is 70.4 cm³/mol. The van der Waals surface area contributed by atoms with Gasteiger partial charge in [-0.05, 0) is 18.2 Å². The molecule has 3 N–H and O–H groups in total. The molecule has 1 heterocycles. The van der Waals surface area contributed by atoms with E-state index in [1.165, 1.54) is 23.1 Å². The number of nitrogen functional groups attached to an aromatic ring is 1. The summed E-state index contributed by atoms with van der Waals surface area (Å²) in [6.45, 7) is 0.503. The summed E-state index contributed by atoms with van der Waals surface area (Å²) in [5, 5.41) is 0. The highest BCUT2D eigenvalue weighted by Gasteiger charge is 2.29. The molecule has 1 aliphatic rings. The highest BCUT2D eigenvalue weighted by molar-refractivity contribution is 9.09. The minimum absolute atomic E-state index is 0.0594. The number of alkyl halides is 1. The second-order valence-electron chi connectivity index (χ2n) is 4.00. The molecule has 1 unspecified atom stereocenters. The normalized spacial score (nSPS) is 20.4. The van der Waals surface area contributed by atoms with Crippen molar-refractivity contribution in [2.45, 2.75) is 16.1 Å². The first-order valence-corrected chi connectivity index (χ1v) is 7.46. The third kappa shape index (κ3) is 2.50. The van der Waals surface area contributed by atoms with Crippen molar-refractivity contribution < 1.29 is 17.8 Å². The summed E-state index contributed by atoms with van der Waals surface area (Å²) in [5.41, 5.74) is 6.00. The number of carbonyl (C=O) groups is 1. The van der Waals surface area contributed by atoms with Gasteiger partial charge in [-0.1, -0.05) is 15.9 Å². The van der Waals surface area contributed by atoms with Crippen molar-refractivity contribution in [3.8, 4) is 0 Å². The SMILES string of the molecule is Nc1cc(N2CC(Br)CC2=O)ccc1S(=O)(=O)O. The lowest BCUT2D eigenvalue weighted by atomic mass is 10.2. The molecule has 1 saturated heterocycles. The van der Waals surface area contributed by atoms with Gasteiger partial charge in [0.05, 0.1) is 5.69 Å². The molecular formula is C10H11BrN2O4S. The maximum absolute atomic E-state index is 11.7. The van der Waals surface area contributed by atoms with E-state index in [4.69, 9.17) is 10.3 Å². The maximum atomic E-state index is 11.7. The monoisotopic (exact) mass is 334 g/mol. The van der Waals surface area contributed by atoms with Gasteiger partial charge >= 0.3 is 0 Å². The van der Waals surface area contributed by atoms with Gasteiger partial charge in [0.15, 0.2) is 0 Å². The van der Waals surface area contributed by atoms with Crippen LogP contribution >= 0.6 is 15.9 Å². The fourth-order valence-corrected chi connectivity index (χ4v) is 3.02. The zero-order chi connectivity index (χ0) is 13.5. The Kier molecular flexibility index (Phi) is 3.35. The zero-order valence-electron chi connectivity index (χ0n) is 9.21. The molecule has 6 nitrogen and oxygen atoms in total. The molecule has 8 heteroatoms. The summed E-state index contributed by atoms with van der Waals surface area (Å²) in [5.74, 6) is -0.0594. The Morgan fingerprint density at radius 3 is 2.56 bits per heavy atom. The quantitative estimate of drug-likeness (QED) is 0.477. The third-order valence-corrected chi connectivity index (χ3v) is 4.20. The standard InChI is InChI=1S/C10H11BrN2O4S/c11-6-3-10(14)13(5-6)7-1-2-9(8(12)4-7)18(15,16)17/h1-2,4,6H,3,5,12H2,(H,15,16,17). The lowest BCUT2D eigenvalue weighted by molar-refractivity contribution is -0.117. The summed E-state index contributed by atoms with van der Waals surface area (Å²) < 4.78 is 30.9. The number of anilines is 2. The van der Waals surface area contributed by atoms with E-state index in [0.717, 1.165) is 0 Å². The van der Waals surface area contributed by atoms with Crippen molar-refractivity contribution in [2.24, 2.45) is 0 Å². The lowest BCUT2D eigenvalue weighted by Gasteiger charge is -2.17. The van der Waals surface area contributed by atoms with Gasteiger partial charge in [-0.3, -0.25) is 9.35 Å². The summed E-state index contributed by atoms with van der Waals surface area (Å²) in [6, 6.07) is 4.00. The number of nitrogens with two attached hydrogens (primary N) is 1. The summed E-state index contributed by atoms with van der Waals surface area (Å²) in [7, 11) is -4.34. The number of carbonyl (C=O) groups excluding carboxylic acids is 1. The molecular weight excluding hydrogens is 324 g/mol. The topological polar surface area (TPSA) is 101 Å². The Hall–Kier alpha value is -1.12. The van der Waals surface area contributed by atoms with E-state index in [0.29, 0.717) is 18.7 Å². The summed E-state index contributed by atoms with van der Waals surface area (Å²) in [4.78, 5) is 12.9. The average molecular weight is 335 g/mol. The van der Waals surface area contributed by atoms with E-state index < -0.39 is 10.1 Å². The summed E-state index contributed by atoms with van der Waals surface area (Å²) in [6.07, 6.45) is 0.389. The molecule has 1 fully saturated rings. The molecule has 1 atom stereocenters. The first-order valence-electron chi connectivity index (χ1n) is 5.10. The molecule has 1 amide bonds. The first kappa shape index (κ1) is 13.3. The van der Waals surface area contributed by atoms with E-state index in [1.54, 1.807) is 0 Å². The van der Waals surface area contributed by atoms with Crippen molar-refractivity contribution in [3.05, 3.63) is 18.2 Å². The zero-order valence-corrected chi connectivity index (χ0v) is 11.6. The van der Waals surface area contributed by atoms with Gasteiger partial charge in [-0.25, -0.2) is 0 Å². The van der Waals surface area contributed by atoms with E-state index in [1.807, 2.05) is 0 Å². The van der Waals surface area contributed by atoms with E-state index in [-0.39, 0.29) is 21.3 Å². The molecule has 0 aromatic heterocycles. The highest BCUT2D eigenvalue weighted by Crippen LogP contribution is 2.29. The van der Waals surface area contributed by atoms with Crippen LogP contribution in [0.4, 0.5) is 11.4 Å². The lowest BCUT2D eigenvalue weighted by Crippen LogP contribution is -2.24. The fraction of sp³-hybridized carbons (Fsp3) is 0.300. The van der Waals surface area contributed by atoms with Gasteiger partial charge in [0.1, 0.15) is 4.90 Å². The second kappa shape index (κ2) is 4.52. The van der Waals surface area contributed by atoms with Gasteiger partial charge in [0, 0.05) is 23.5 Å². The number of nitrogens with zero attached hydrogens (tertiary/aromatic N) is 1. The van der Waals surface area contributed by atoms with Crippen molar-refractivity contribution in [1.29, 1.82) is 0 Å². The highest BCUT2D eigenvalue weighted by atomic mass is 79.9. The fourth-order valence-electron chi connectivity index (χ4n) is 1.85. The van der Waals surface area contributed by atoms with Crippen molar-refractivity contribution in [1.82, 2.24) is 0 Å². The number of rotatable bonds is 2. The minimum Gasteiger partial charge on any atom is -0.398 e. The molecule has 0 bridgehead atoms. The van der Waals surface area contributed by atoms with Crippen molar-refractivity contribution in [2.75, 3.05) is 17.2 Å². The Labute approximate surface area is 113 Å². The van der Waals surface area contributed by atoms with Crippen LogP contribution in [0.3, 0.4) is 0 Å². The predicted octanol–water partition coefficient (Wildman–Crippen LogP) is 1.02. The van der Waals surface area contributed by atoms with Crippen molar-refractivity contribution >= 4 is 43.3 Å². The molecule has 0 radical (unpaired) electrons. The van der Waals surface area contributed by atoms with Crippen LogP contribution < -0.4 is 10.6 Å². The molecule has 18 heavy (non-hydrogen) atoms. The first-order chi connectivity index (χ1) is 8.29. The van der Waals surface area contributed by atoms with Crippen LogP contribution in [0, 0.1) is 0 Å². The maximum Gasteiger partial charge on any atom is 0.296 e. The molecule has 98 valence electrons. The van der Waals surface area contributed by atoms with E-state index >= 15 is 0 Å². The average Bonchev–Trinajstić information content (AvgIpc) is 2.55. The van der Waals surface area contributed by atoms with Crippen LogP contribution in [0.1, 0.15) is 6.42 Å². The molecule has 1 aromatic rings. The van der Waals surface area contributed by atoms with Gasteiger partial charge in [-0.2, -0.15) is 8.42 Å². The third-order valence-electron chi connectivity index (χ3n) is 2.66. The Morgan fingerprint density at radius 2 is 2.11 bits per heavy atom. The van der Waals surface area contributed by atoms with Crippen LogP contribution in [-0.2, 0) is 14.9 Å². The number of hydrogen-bond donors (Lipinski definition) is 2. The van der Waals surface area contributed by atoms with Crippen LogP contribution in [0.5, 0.6) is 0 Å². The molecule has 0 saturated carbocycles. The number of benzene rings is 1. The smallest absolute Gasteiger partial charge is 0.296 e. The van der Waals surface area contributed by atoms with Crippen LogP contribution in [0.25, 0.3) is 0 Å². The minimum atomic E-state index is -4.34. The second-order valence-corrected chi connectivity index (χ2v) is 6.69. The van der Waals surface area contributed by atoms with Crippen molar-refractivity contribution in [3.63, 3.8) is 0 Å². The number of amides is 1. The van der Waals surface area contributed by atoms with E-state index in [2.05, 4.69) is 15.9 Å². The van der Waals surface area contributed by atoms with E-state index in [9.17, 15) is 13.2 Å². The van der Waals surface area contributed by atoms with Gasteiger partial charge in [-0.15, -0.1) is 0 Å². The largest absolute Gasteiger partial charge is 0.398 e. The van der Waals surface area contributed by atoms with Crippen LogP contribution in [0.2, 0.25) is 0 Å².